The summed E-state index contributed by atoms with van der Waals surface area (Å²) in [7, 11) is 0. The van der Waals surface area contributed by atoms with Crippen molar-refractivity contribution in [3.8, 4) is 0 Å². The first-order valence-corrected chi connectivity index (χ1v) is 6.72. The minimum Gasteiger partial charge on any atom is -0.383 e. The van der Waals surface area contributed by atoms with E-state index in [0.29, 0.717) is 11.1 Å². The van der Waals surface area contributed by atoms with Crippen LogP contribution in [0.4, 0.5) is 5.82 Å². The van der Waals surface area contributed by atoms with Crippen LogP contribution in [0.15, 0.2) is 35.4 Å². The van der Waals surface area contributed by atoms with Gasteiger partial charge in [-0.05, 0) is 42.6 Å². The molecule has 1 aromatic carbocycles. The second-order valence-electron chi connectivity index (χ2n) is 4.31. The highest BCUT2D eigenvalue weighted by Crippen LogP contribution is 2.30. The standard InChI is InChI=1S/C13H15N3S/c14-13-12-2-1-10(7-9(12)3-6-16-13)17-11-4-5-15-8-11/h1-3,6-7,11,15H,4-5,8H2,(H2,14,16)/t11-/m0/s1. The number of anilines is 1. The molecule has 3 rings (SSSR count). The van der Waals surface area contributed by atoms with Crippen molar-refractivity contribution in [3.05, 3.63) is 30.5 Å². The summed E-state index contributed by atoms with van der Waals surface area (Å²) in [5, 5.41) is 6.31. The first kappa shape index (κ1) is 10.9. The number of hydrogen-bond acceptors (Lipinski definition) is 4. The molecule has 0 bridgehead atoms. The summed E-state index contributed by atoms with van der Waals surface area (Å²) in [6.07, 6.45) is 3.02. The second-order valence-corrected chi connectivity index (χ2v) is 5.69. The van der Waals surface area contributed by atoms with E-state index >= 15 is 0 Å². The summed E-state index contributed by atoms with van der Waals surface area (Å²) >= 11 is 1.95. The molecule has 2 aromatic rings. The van der Waals surface area contributed by atoms with Crippen LogP contribution in [0, 0.1) is 0 Å². The molecule has 1 atom stereocenters. The summed E-state index contributed by atoms with van der Waals surface area (Å²) in [6, 6.07) is 8.44. The highest BCUT2D eigenvalue weighted by atomic mass is 32.2. The molecule has 2 heterocycles. The molecular weight excluding hydrogens is 230 g/mol. The predicted octanol–water partition coefficient (Wildman–Crippen LogP) is 2.27. The topological polar surface area (TPSA) is 50.9 Å². The lowest BCUT2D eigenvalue weighted by Crippen LogP contribution is -2.09. The first-order chi connectivity index (χ1) is 8.33. The second kappa shape index (κ2) is 4.55. The van der Waals surface area contributed by atoms with Gasteiger partial charge in [0.25, 0.3) is 0 Å². The normalized spacial score (nSPS) is 19.9. The Bertz CT molecular complexity index is 535. The molecule has 0 amide bonds. The quantitative estimate of drug-likeness (QED) is 0.852. The number of nitrogen functional groups attached to an aromatic ring is 1. The number of thioether (sulfide) groups is 1. The Morgan fingerprint density at radius 2 is 2.29 bits per heavy atom. The maximum atomic E-state index is 5.84. The summed E-state index contributed by atoms with van der Waals surface area (Å²) in [4.78, 5) is 5.42. The largest absolute Gasteiger partial charge is 0.383 e. The van der Waals surface area contributed by atoms with E-state index in [4.69, 9.17) is 5.73 Å². The lowest BCUT2D eigenvalue weighted by atomic mass is 10.2. The van der Waals surface area contributed by atoms with Crippen molar-refractivity contribution in [1.82, 2.24) is 10.3 Å². The molecule has 0 radical (unpaired) electrons. The fraction of sp³-hybridized carbons (Fsp3) is 0.308. The van der Waals surface area contributed by atoms with Gasteiger partial charge in [-0.2, -0.15) is 0 Å². The summed E-state index contributed by atoms with van der Waals surface area (Å²) < 4.78 is 0. The lowest BCUT2D eigenvalue weighted by Gasteiger charge is -2.09. The molecule has 17 heavy (non-hydrogen) atoms. The highest BCUT2D eigenvalue weighted by molar-refractivity contribution is 8.00. The van der Waals surface area contributed by atoms with E-state index in [-0.39, 0.29) is 0 Å². The van der Waals surface area contributed by atoms with Gasteiger partial charge < -0.3 is 11.1 Å². The number of aromatic nitrogens is 1. The van der Waals surface area contributed by atoms with Crippen LogP contribution in [0.25, 0.3) is 10.8 Å². The molecule has 1 saturated heterocycles. The third-order valence-electron chi connectivity index (χ3n) is 3.08. The molecule has 1 aliphatic rings. The molecule has 1 aliphatic heterocycles. The van der Waals surface area contributed by atoms with E-state index in [0.717, 1.165) is 18.5 Å². The van der Waals surface area contributed by atoms with Gasteiger partial charge in [-0.1, -0.05) is 0 Å². The molecule has 0 saturated carbocycles. The molecule has 3 nitrogen and oxygen atoms in total. The van der Waals surface area contributed by atoms with Crippen LogP contribution in [-0.2, 0) is 0 Å². The Morgan fingerprint density at radius 3 is 3.12 bits per heavy atom. The molecule has 4 heteroatoms. The smallest absolute Gasteiger partial charge is 0.131 e. The average molecular weight is 245 g/mol. The molecule has 0 aliphatic carbocycles. The van der Waals surface area contributed by atoms with Crippen molar-refractivity contribution >= 4 is 28.4 Å². The van der Waals surface area contributed by atoms with Gasteiger partial charge >= 0.3 is 0 Å². The van der Waals surface area contributed by atoms with Crippen LogP contribution < -0.4 is 11.1 Å². The van der Waals surface area contributed by atoms with E-state index in [2.05, 4.69) is 28.5 Å². The van der Waals surface area contributed by atoms with E-state index in [9.17, 15) is 0 Å². The van der Waals surface area contributed by atoms with Crippen LogP contribution in [0.1, 0.15) is 6.42 Å². The minimum atomic E-state index is 0.613. The zero-order valence-corrected chi connectivity index (χ0v) is 10.3. The Hall–Kier alpha value is -1.26. The van der Waals surface area contributed by atoms with Crippen LogP contribution in [-0.4, -0.2) is 23.3 Å². The van der Waals surface area contributed by atoms with E-state index in [1.165, 1.54) is 16.7 Å². The van der Waals surface area contributed by atoms with Gasteiger partial charge in [0.2, 0.25) is 0 Å². The van der Waals surface area contributed by atoms with Crippen LogP contribution in [0.2, 0.25) is 0 Å². The van der Waals surface area contributed by atoms with Gasteiger partial charge in [-0.25, -0.2) is 4.98 Å². The van der Waals surface area contributed by atoms with E-state index < -0.39 is 0 Å². The number of benzene rings is 1. The lowest BCUT2D eigenvalue weighted by molar-refractivity contribution is 0.858. The molecule has 88 valence electrons. The monoisotopic (exact) mass is 245 g/mol. The number of nitrogens with two attached hydrogens (primary N) is 1. The fourth-order valence-electron chi connectivity index (χ4n) is 2.17. The maximum absolute atomic E-state index is 5.84. The Morgan fingerprint density at radius 1 is 1.35 bits per heavy atom. The SMILES string of the molecule is Nc1nccc2cc(S[C@H]3CCNC3)ccc12. The third-order valence-corrected chi connectivity index (χ3v) is 4.35. The highest BCUT2D eigenvalue weighted by Gasteiger charge is 2.15. The van der Waals surface area contributed by atoms with Crippen LogP contribution in [0.3, 0.4) is 0 Å². The van der Waals surface area contributed by atoms with Crippen molar-refractivity contribution in [1.29, 1.82) is 0 Å². The Kier molecular flexibility index (Phi) is 2.91. The molecule has 0 unspecified atom stereocenters. The number of nitrogens with one attached hydrogen (secondary N) is 1. The van der Waals surface area contributed by atoms with Gasteiger partial charge in [0.15, 0.2) is 0 Å². The van der Waals surface area contributed by atoms with Crippen molar-refractivity contribution in [3.63, 3.8) is 0 Å². The van der Waals surface area contributed by atoms with Gasteiger partial charge in [-0.15, -0.1) is 11.8 Å². The minimum absolute atomic E-state index is 0.613. The van der Waals surface area contributed by atoms with Crippen LogP contribution >= 0.6 is 11.8 Å². The zero-order chi connectivity index (χ0) is 11.7. The number of pyridine rings is 1. The predicted molar refractivity (Wildman–Crippen MR) is 73.3 cm³/mol. The molecule has 1 aromatic heterocycles. The van der Waals surface area contributed by atoms with E-state index in [1.54, 1.807) is 6.20 Å². The van der Waals surface area contributed by atoms with Gasteiger partial charge in [-0.3, -0.25) is 0 Å². The molecule has 3 N–H and O–H groups in total. The van der Waals surface area contributed by atoms with Crippen molar-refractivity contribution in [2.45, 2.75) is 16.6 Å². The van der Waals surface area contributed by atoms with E-state index in [1.807, 2.05) is 17.8 Å². The fourth-order valence-corrected chi connectivity index (χ4v) is 3.34. The van der Waals surface area contributed by atoms with Gasteiger partial charge in [0, 0.05) is 28.3 Å². The Balaban J connectivity index is 1.90. The Labute approximate surface area is 105 Å². The molecule has 1 fully saturated rings. The van der Waals surface area contributed by atoms with Gasteiger partial charge in [0.05, 0.1) is 0 Å². The van der Waals surface area contributed by atoms with Gasteiger partial charge in [0.1, 0.15) is 5.82 Å². The first-order valence-electron chi connectivity index (χ1n) is 5.84. The summed E-state index contributed by atoms with van der Waals surface area (Å²) in [6.45, 7) is 2.25. The number of hydrogen-bond donors (Lipinski definition) is 2. The third kappa shape index (κ3) is 2.23. The van der Waals surface area contributed by atoms with Crippen molar-refractivity contribution < 1.29 is 0 Å². The maximum Gasteiger partial charge on any atom is 0.131 e. The molecule has 0 spiro atoms. The van der Waals surface area contributed by atoms with Crippen LogP contribution in [0.5, 0.6) is 0 Å². The number of nitrogens with zero attached hydrogens (tertiary/aromatic N) is 1. The molecular formula is C13H15N3S. The van der Waals surface area contributed by atoms with Crippen molar-refractivity contribution in [2.24, 2.45) is 0 Å². The summed E-state index contributed by atoms with van der Waals surface area (Å²) in [5.74, 6) is 0.613. The van der Waals surface area contributed by atoms with Crippen molar-refractivity contribution in [2.75, 3.05) is 18.8 Å². The summed E-state index contributed by atoms with van der Waals surface area (Å²) in [5.41, 5.74) is 5.84. The zero-order valence-electron chi connectivity index (χ0n) is 9.52. The number of fused-ring (bicyclic) bond motifs is 1. The number of rotatable bonds is 2. The average Bonchev–Trinajstić information content (AvgIpc) is 2.82.